The number of nitrogens with one attached hydrogen (secondary N) is 1. The number of ether oxygens (including phenoxy) is 1. The summed E-state index contributed by atoms with van der Waals surface area (Å²) < 4.78 is 5.99. The number of hydrogen-bond acceptors (Lipinski definition) is 3. The average molecular weight is 427 g/mol. The van der Waals surface area contributed by atoms with Crippen molar-refractivity contribution in [1.82, 2.24) is 5.43 Å². The number of hydrazone groups is 1. The maximum atomic E-state index is 12.1. The molecule has 0 spiro atoms. The Morgan fingerprint density at radius 1 is 1.03 bits per heavy atom. The number of amides is 1. The van der Waals surface area contributed by atoms with Crippen molar-refractivity contribution >= 4 is 35.3 Å². The Labute approximate surface area is 180 Å². The Bertz CT molecular complexity index is 1020. The molecule has 3 aromatic rings. The highest BCUT2D eigenvalue weighted by Gasteiger charge is 2.09. The molecule has 0 fully saturated rings. The van der Waals surface area contributed by atoms with Crippen LogP contribution in [0.1, 0.15) is 32.6 Å². The van der Waals surface area contributed by atoms with Crippen molar-refractivity contribution in [2.45, 2.75) is 20.5 Å². The molecule has 3 rings (SSSR count). The zero-order valence-electron chi connectivity index (χ0n) is 16.1. The summed E-state index contributed by atoms with van der Waals surface area (Å²) in [6.45, 7) is 4.41. The van der Waals surface area contributed by atoms with Gasteiger partial charge in [-0.25, -0.2) is 5.43 Å². The zero-order chi connectivity index (χ0) is 20.8. The minimum Gasteiger partial charge on any atom is -0.488 e. The summed E-state index contributed by atoms with van der Waals surface area (Å²) in [5, 5.41) is 5.12. The van der Waals surface area contributed by atoms with E-state index in [2.05, 4.69) is 10.5 Å². The summed E-state index contributed by atoms with van der Waals surface area (Å²) in [4.78, 5) is 12.1. The van der Waals surface area contributed by atoms with Crippen LogP contribution in [0.5, 0.6) is 5.75 Å². The summed E-state index contributed by atoms with van der Waals surface area (Å²) in [7, 11) is 0. The molecular formula is C23H20Cl2N2O2. The number of carbonyl (C=O) groups excluding carboxylic acids is 1. The molecule has 0 aliphatic heterocycles. The van der Waals surface area contributed by atoms with E-state index in [-0.39, 0.29) is 5.91 Å². The van der Waals surface area contributed by atoms with Crippen molar-refractivity contribution in [3.05, 3.63) is 98.5 Å². The van der Waals surface area contributed by atoms with Gasteiger partial charge in [0.2, 0.25) is 0 Å². The molecule has 0 radical (unpaired) electrons. The minimum atomic E-state index is -0.358. The lowest BCUT2D eigenvalue weighted by Gasteiger charge is -2.13. The van der Waals surface area contributed by atoms with Crippen LogP contribution in [0, 0.1) is 13.8 Å². The highest BCUT2D eigenvalue weighted by atomic mass is 35.5. The first-order chi connectivity index (χ1) is 13.9. The molecule has 29 heavy (non-hydrogen) atoms. The first kappa shape index (κ1) is 20.9. The van der Waals surface area contributed by atoms with E-state index >= 15 is 0 Å². The van der Waals surface area contributed by atoms with E-state index in [1.807, 2.05) is 50.2 Å². The largest absolute Gasteiger partial charge is 0.488 e. The topological polar surface area (TPSA) is 50.7 Å². The first-order valence-corrected chi connectivity index (χ1v) is 9.76. The molecule has 0 saturated heterocycles. The molecule has 1 N–H and O–H groups in total. The normalized spacial score (nSPS) is 10.9. The predicted octanol–water partition coefficient (Wildman–Crippen LogP) is 5.95. The Morgan fingerprint density at radius 3 is 2.34 bits per heavy atom. The van der Waals surface area contributed by atoms with Gasteiger partial charge in [-0.3, -0.25) is 4.79 Å². The Morgan fingerprint density at radius 2 is 1.69 bits per heavy atom. The van der Waals surface area contributed by atoms with E-state index in [0.717, 1.165) is 28.0 Å². The third kappa shape index (κ3) is 5.59. The molecule has 3 aromatic carbocycles. The number of halogens is 2. The van der Waals surface area contributed by atoms with Crippen LogP contribution in [0.3, 0.4) is 0 Å². The second-order valence-electron chi connectivity index (χ2n) is 6.58. The fourth-order valence-electron chi connectivity index (χ4n) is 2.89. The number of rotatable bonds is 6. The summed E-state index contributed by atoms with van der Waals surface area (Å²) in [5.74, 6) is 0.473. The van der Waals surface area contributed by atoms with Gasteiger partial charge < -0.3 is 4.74 Å². The summed E-state index contributed by atoms with van der Waals surface area (Å²) in [6.07, 6.45) is 1.59. The Balaban J connectivity index is 1.65. The van der Waals surface area contributed by atoms with E-state index in [0.29, 0.717) is 22.2 Å². The van der Waals surface area contributed by atoms with Gasteiger partial charge in [-0.05, 0) is 72.5 Å². The van der Waals surface area contributed by atoms with Crippen LogP contribution >= 0.6 is 23.2 Å². The van der Waals surface area contributed by atoms with Gasteiger partial charge in [0.15, 0.2) is 0 Å². The van der Waals surface area contributed by atoms with E-state index in [4.69, 9.17) is 27.9 Å². The smallest absolute Gasteiger partial charge is 0.272 e. The Kier molecular flexibility index (Phi) is 6.91. The highest BCUT2D eigenvalue weighted by molar-refractivity contribution is 6.33. The molecule has 0 aromatic heterocycles. The van der Waals surface area contributed by atoms with Crippen molar-refractivity contribution in [3.8, 4) is 5.75 Å². The fraction of sp³-hybridized carbons (Fsp3) is 0.130. The third-order valence-corrected chi connectivity index (χ3v) is 4.86. The fourth-order valence-corrected chi connectivity index (χ4v) is 3.24. The molecule has 148 valence electrons. The number of aryl methyl sites for hydroxylation is 2. The van der Waals surface area contributed by atoms with Crippen molar-refractivity contribution in [2.75, 3.05) is 0 Å². The molecule has 0 atom stereocenters. The van der Waals surface area contributed by atoms with Crippen molar-refractivity contribution < 1.29 is 9.53 Å². The number of benzene rings is 3. The van der Waals surface area contributed by atoms with Crippen LogP contribution in [0.2, 0.25) is 10.0 Å². The minimum absolute atomic E-state index is 0.358. The maximum Gasteiger partial charge on any atom is 0.272 e. The molecule has 0 bridgehead atoms. The van der Waals surface area contributed by atoms with Crippen LogP contribution in [0.25, 0.3) is 0 Å². The van der Waals surface area contributed by atoms with E-state index in [1.54, 1.807) is 30.5 Å². The quantitative estimate of drug-likeness (QED) is 0.390. The Hall–Kier alpha value is -2.82. The van der Waals surface area contributed by atoms with Crippen molar-refractivity contribution in [1.29, 1.82) is 0 Å². The number of hydrogen-bond donors (Lipinski definition) is 1. The lowest BCUT2D eigenvalue weighted by molar-refractivity contribution is 0.0955. The predicted molar refractivity (Wildman–Crippen MR) is 118 cm³/mol. The third-order valence-electron chi connectivity index (χ3n) is 4.28. The van der Waals surface area contributed by atoms with Gasteiger partial charge in [0.25, 0.3) is 5.91 Å². The van der Waals surface area contributed by atoms with Gasteiger partial charge in [0.1, 0.15) is 12.4 Å². The standard InChI is InChI=1S/C23H20Cl2N2O2/c1-15-11-18(13-26-27-23(28)20-5-3-4-6-21(20)25)12-16(2)22(15)29-14-17-7-9-19(24)10-8-17/h3-13H,14H2,1-2H3,(H,27,28)/b26-13-. The van der Waals surface area contributed by atoms with Gasteiger partial charge in [-0.15, -0.1) is 0 Å². The van der Waals surface area contributed by atoms with Crippen LogP contribution < -0.4 is 10.2 Å². The van der Waals surface area contributed by atoms with E-state index < -0.39 is 0 Å². The monoisotopic (exact) mass is 426 g/mol. The number of nitrogens with zero attached hydrogens (tertiary/aromatic N) is 1. The summed E-state index contributed by atoms with van der Waals surface area (Å²) in [6, 6.07) is 18.3. The van der Waals surface area contributed by atoms with E-state index in [1.165, 1.54) is 0 Å². The summed E-state index contributed by atoms with van der Waals surface area (Å²) in [5.41, 5.74) is 6.75. The lowest BCUT2D eigenvalue weighted by Crippen LogP contribution is -2.18. The average Bonchev–Trinajstić information content (AvgIpc) is 2.69. The molecule has 0 aliphatic carbocycles. The second kappa shape index (κ2) is 9.59. The molecule has 0 unspecified atom stereocenters. The van der Waals surface area contributed by atoms with Crippen LogP contribution in [-0.2, 0) is 6.61 Å². The summed E-state index contributed by atoms with van der Waals surface area (Å²) >= 11 is 11.9. The zero-order valence-corrected chi connectivity index (χ0v) is 17.6. The van der Waals surface area contributed by atoms with Crippen LogP contribution in [-0.4, -0.2) is 12.1 Å². The highest BCUT2D eigenvalue weighted by Crippen LogP contribution is 2.25. The number of carbonyl (C=O) groups is 1. The SMILES string of the molecule is Cc1cc(/C=N\NC(=O)c2ccccc2Cl)cc(C)c1OCc1ccc(Cl)cc1. The van der Waals surface area contributed by atoms with Crippen LogP contribution in [0.15, 0.2) is 65.8 Å². The van der Waals surface area contributed by atoms with Crippen LogP contribution in [0.4, 0.5) is 0 Å². The van der Waals surface area contributed by atoms with Gasteiger partial charge in [0, 0.05) is 5.02 Å². The van der Waals surface area contributed by atoms with Gasteiger partial charge in [-0.2, -0.15) is 5.10 Å². The van der Waals surface area contributed by atoms with Gasteiger partial charge in [0.05, 0.1) is 16.8 Å². The van der Waals surface area contributed by atoms with Crippen molar-refractivity contribution in [3.63, 3.8) is 0 Å². The molecule has 6 heteroatoms. The van der Waals surface area contributed by atoms with Crippen molar-refractivity contribution in [2.24, 2.45) is 5.10 Å². The lowest BCUT2D eigenvalue weighted by atomic mass is 10.1. The molecule has 0 saturated carbocycles. The second-order valence-corrected chi connectivity index (χ2v) is 7.42. The molecule has 1 amide bonds. The maximum absolute atomic E-state index is 12.1. The molecular weight excluding hydrogens is 407 g/mol. The van der Waals surface area contributed by atoms with E-state index in [9.17, 15) is 4.79 Å². The first-order valence-electron chi connectivity index (χ1n) is 9.00. The van der Waals surface area contributed by atoms with Gasteiger partial charge in [-0.1, -0.05) is 47.5 Å². The molecule has 4 nitrogen and oxygen atoms in total. The molecule has 0 heterocycles. The van der Waals surface area contributed by atoms with Gasteiger partial charge >= 0.3 is 0 Å². The molecule has 0 aliphatic rings.